The first-order valence-electron chi connectivity index (χ1n) is 7.78. The Morgan fingerprint density at radius 1 is 1.41 bits per heavy atom. The third-order valence-corrected chi connectivity index (χ3v) is 4.50. The maximum absolute atomic E-state index is 12.6. The second kappa shape index (κ2) is 6.58. The average Bonchev–Trinajstić information content (AvgIpc) is 3.17. The third-order valence-electron chi connectivity index (χ3n) is 4.50. The normalized spacial score (nSPS) is 25.6. The van der Waals surface area contributed by atoms with E-state index in [1.54, 1.807) is 13.3 Å². The molecule has 7 heteroatoms. The van der Waals surface area contributed by atoms with E-state index >= 15 is 0 Å². The fraction of sp³-hybridized carbons (Fsp3) is 0.667. The summed E-state index contributed by atoms with van der Waals surface area (Å²) in [4.78, 5) is 25.2. The smallest absolute Gasteiger partial charge is 0.241 e. The van der Waals surface area contributed by atoms with Crippen LogP contribution in [0.15, 0.2) is 12.5 Å². The molecule has 22 heavy (non-hydrogen) atoms. The number of nitrogens with zero attached hydrogens (tertiary/aromatic N) is 4. The van der Waals surface area contributed by atoms with Crippen LogP contribution in [0.25, 0.3) is 0 Å². The third kappa shape index (κ3) is 3.05. The van der Waals surface area contributed by atoms with Crippen LogP contribution >= 0.6 is 0 Å². The highest BCUT2D eigenvalue weighted by atomic mass is 16.5. The topological polar surface area (TPSA) is 70.6 Å². The fourth-order valence-electron chi connectivity index (χ4n) is 3.24. The van der Waals surface area contributed by atoms with E-state index < -0.39 is 0 Å². The van der Waals surface area contributed by atoms with Crippen molar-refractivity contribution in [1.82, 2.24) is 14.9 Å². The average molecular weight is 305 g/mol. The van der Waals surface area contributed by atoms with Crippen molar-refractivity contribution in [2.45, 2.75) is 31.4 Å². The number of nitrogens with one attached hydrogen (secondary N) is 1. The van der Waals surface area contributed by atoms with Gasteiger partial charge in [0, 0.05) is 26.7 Å². The van der Waals surface area contributed by atoms with Crippen molar-refractivity contribution >= 4 is 17.4 Å². The minimum Gasteiger partial charge on any atom is -0.380 e. The summed E-state index contributed by atoms with van der Waals surface area (Å²) in [5.41, 5.74) is 0.698. The summed E-state index contributed by atoms with van der Waals surface area (Å²) in [5.74, 6) is 0.807. The van der Waals surface area contributed by atoms with Crippen molar-refractivity contribution in [3.63, 3.8) is 0 Å². The Hall–Kier alpha value is -1.73. The molecule has 7 nitrogen and oxygen atoms in total. The van der Waals surface area contributed by atoms with Gasteiger partial charge in [-0.15, -0.1) is 0 Å². The number of likely N-dealkylation sites (tertiary alicyclic amines) is 1. The van der Waals surface area contributed by atoms with E-state index in [0.29, 0.717) is 12.1 Å². The van der Waals surface area contributed by atoms with Crippen molar-refractivity contribution in [2.75, 3.05) is 44.0 Å². The summed E-state index contributed by atoms with van der Waals surface area (Å²) < 4.78 is 5.36. The molecule has 2 aliphatic heterocycles. The quantitative estimate of drug-likeness (QED) is 0.884. The van der Waals surface area contributed by atoms with E-state index in [0.717, 1.165) is 38.3 Å². The molecule has 1 amide bonds. The molecule has 2 atom stereocenters. The maximum atomic E-state index is 12.6. The highest BCUT2D eigenvalue weighted by molar-refractivity contribution is 5.97. The largest absolute Gasteiger partial charge is 0.380 e. The van der Waals surface area contributed by atoms with Crippen LogP contribution in [0.1, 0.15) is 19.3 Å². The Kier molecular flexibility index (Phi) is 4.54. The molecule has 0 unspecified atom stereocenters. The van der Waals surface area contributed by atoms with Gasteiger partial charge in [-0.25, -0.2) is 9.97 Å². The number of hydrogen-bond acceptors (Lipinski definition) is 6. The van der Waals surface area contributed by atoms with E-state index in [1.165, 1.54) is 6.33 Å². The molecule has 2 saturated heterocycles. The number of hydrogen-bond donors (Lipinski definition) is 1. The first kappa shape index (κ1) is 15.2. The zero-order chi connectivity index (χ0) is 15.5. The van der Waals surface area contributed by atoms with Crippen molar-refractivity contribution in [2.24, 2.45) is 0 Å². The van der Waals surface area contributed by atoms with Crippen LogP contribution in [0.4, 0.5) is 11.5 Å². The Morgan fingerprint density at radius 2 is 2.18 bits per heavy atom. The van der Waals surface area contributed by atoms with Gasteiger partial charge in [0.05, 0.1) is 18.3 Å². The highest BCUT2D eigenvalue weighted by Gasteiger charge is 2.35. The Balaban J connectivity index is 1.71. The molecule has 3 rings (SSSR count). The predicted octanol–water partition coefficient (Wildman–Crippen LogP) is 0.734. The zero-order valence-electron chi connectivity index (χ0n) is 13.2. The van der Waals surface area contributed by atoms with Crippen molar-refractivity contribution in [3.05, 3.63) is 12.5 Å². The molecule has 0 radical (unpaired) electrons. The standard InChI is InChI=1S/C15H23N5O2/c1-19-9-11(22-2)7-13(19)15(21)18-12-8-16-10-17-14(12)20-5-3-4-6-20/h8,10-11,13H,3-7,9H2,1-2H3,(H,18,21)/t11-,13-/m0/s1. The van der Waals surface area contributed by atoms with E-state index in [-0.39, 0.29) is 18.1 Å². The molecule has 1 aromatic rings. The van der Waals surface area contributed by atoms with Crippen LogP contribution in [-0.4, -0.2) is 66.7 Å². The molecule has 0 saturated carbocycles. The summed E-state index contributed by atoms with van der Waals surface area (Å²) in [6, 6.07) is -0.170. The molecule has 1 aromatic heterocycles. The molecule has 3 heterocycles. The highest BCUT2D eigenvalue weighted by Crippen LogP contribution is 2.26. The van der Waals surface area contributed by atoms with E-state index in [9.17, 15) is 4.79 Å². The van der Waals surface area contributed by atoms with Crippen LogP contribution in [-0.2, 0) is 9.53 Å². The van der Waals surface area contributed by atoms with Gasteiger partial charge in [0.2, 0.25) is 5.91 Å². The number of anilines is 2. The molecule has 0 aliphatic carbocycles. The second-order valence-corrected chi connectivity index (χ2v) is 5.99. The number of rotatable bonds is 4. The lowest BCUT2D eigenvalue weighted by Gasteiger charge is -2.22. The number of aromatic nitrogens is 2. The minimum atomic E-state index is -0.170. The first-order valence-corrected chi connectivity index (χ1v) is 7.78. The molecule has 0 spiro atoms. The summed E-state index contributed by atoms with van der Waals surface area (Å²) in [6.07, 6.45) is 6.38. The maximum Gasteiger partial charge on any atom is 0.241 e. The number of methoxy groups -OCH3 is 1. The van der Waals surface area contributed by atoms with Gasteiger partial charge in [0.25, 0.3) is 0 Å². The fourth-order valence-corrected chi connectivity index (χ4v) is 3.24. The molecular formula is C15H23N5O2. The molecule has 1 N–H and O–H groups in total. The van der Waals surface area contributed by atoms with Gasteiger partial charge in [0.1, 0.15) is 12.0 Å². The van der Waals surface area contributed by atoms with Gasteiger partial charge in [-0.2, -0.15) is 0 Å². The van der Waals surface area contributed by atoms with E-state index in [2.05, 4.69) is 20.2 Å². The summed E-state index contributed by atoms with van der Waals surface area (Å²) in [6.45, 7) is 2.74. The second-order valence-electron chi connectivity index (χ2n) is 5.99. The first-order chi connectivity index (χ1) is 10.7. The molecular weight excluding hydrogens is 282 g/mol. The zero-order valence-corrected chi connectivity index (χ0v) is 13.2. The number of carbonyl (C=O) groups is 1. The van der Waals surface area contributed by atoms with Crippen molar-refractivity contribution in [1.29, 1.82) is 0 Å². The van der Waals surface area contributed by atoms with Crippen LogP contribution in [0.2, 0.25) is 0 Å². The van der Waals surface area contributed by atoms with Crippen molar-refractivity contribution < 1.29 is 9.53 Å². The Morgan fingerprint density at radius 3 is 2.86 bits per heavy atom. The summed E-state index contributed by atoms with van der Waals surface area (Å²) >= 11 is 0. The van der Waals surface area contributed by atoms with Crippen LogP contribution < -0.4 is 10.2 Å². The van der Waals surface area contributed by atoms with Crippen molar-refractivity contribution in [3.8, 4) is 0 Å². The monoisotopic (exact) mass is 305 g/mol. The predicted molar refractivity (Wildman–Crippen MR) is 83.9 cm³/mol. The lowest BCUT2D eigenvalue weighted by atomic mass is 10.2. The lowest BCUT2D eigenvalue weighted by Crippen LogP contribution is -2.37. The van der Waals surface area contributed by atoms with E-state index in [1.807, 2.05) is 11.9 Å². The SMILES string of the molecule is CO[C@H]1C[C@@H](C(=O)Nc2cncnc2N2CCCC2)N(C)C1. The number of amides is 1. The summed E-state index contributed by atoms with van der Waals surface area (Å²) in [7, 11) is 3.64. The number of likely N-dealkylation sites (N-methyl/N-ethyl adjacent to an activating group) is 1. The Bertz CT molecular complexity index is 532. The molecule has 0 aromatic carbocycles. The number of ether oxygens (including phenoxy) is 1. The van der Waals surface area contributed by atoms with Gasteiger partial charge < -0.3 is 15.0 Å². The van der Waals surface area contributed by atoms with Gasteiger partial charge in [-0.3, -0.25) is 9.69 Å². The van der Waals surface area contributed by atoms with Crippen LogP contribution in [0, 0.1) is 0 Å². The van der Waals surface area contributed by atoms with E-state index in [4.69, 9.17) is 4.74 Å². The summed E-state index contributed by atoms with van der Waals surface area (Å²) in [5, 5.41) is 3.00. The van der Waals surface area contributed by atoms with Gasteiger partial charge >= 0.3 is 0 Å². The molecule has 2 aliphatic rings. The molecule has 0 bridgehead atoms. The van der Waals surface area contributed by atoms with Gasteiger partial charge in [-0.05, 0) is 26.3 Å². The van der Waals surface area contributed by atoms with Gasteiger partial charge in [-0.1, -0.05) is 0 Å². The number of carbonyl (C=O) groups excluding carboxylic acids is 1. The lowest BCUT2D eigenvalue weighted by molar-refractivity contribution is -0.120. The Labute approximate surface area is 130 Å². The van der Waals surface area contributed by atoms with Gasteiger partial charge in [0.15, 0.2) is 5.82 Å². The molecule has 120 valence electrons. The molecule has 2 fully saturated rings. The minimum absolute atomic E-state index is 0.0164. The van der Waals surface area contributed by atoms with Crippen LogP contribution in [0.3, 0.4) is 0 Å². The van der Waals surface area contributed by atoms with Crippen LogP contribution in [0.5, 0.6) is 0 Å².